The molecule has 0 radical (unpaired) electrons. The highest BCUT2D eigenvalue weighted by Gasteiger charge is 2.39. The highest BCUT2D eigenvalue weighted by atomic mass is 35.5. The molecule has 11 heteroatoms. The van der Waals surface area contributed by atoms with Crippen LogP contribution in [0.15, 0.2) is 54.7 Å². The maximum absolute atomic E-state index is 13.6. The topological polar surface area (TPSA) is 91.7 Å². The minimum absolute atomic E-state index is 0.108. The Balaban J connectivity index is 1.17. The van der Waals surface area contributed by atoms with Crippen LogP contribution in [0.5, 0.6) is 17.2 Å². The number of halogens is 3. The molecule has 2 aliphatic heterocycles. The fourth-order valence-corrected chi connectivity index (χ4v) is 6.39. The van der Waals surface area contributed by atoms with Crippen molar-refractivity contribution in [2.45, 2.75) is 25.9 Å². The standard InChI is InChI=1S/C34H34Cl2FN5O3/c1-43-31-13-25-28(15-32(31)44-11-3-8-42-9-6-34(7-10-42)20-39-21-34)40-18-23(17-38)33(25)41-29-16-30(27(36)14-26(29)35)45-19-22-4-2-5-24(37)12-22/h2,4-5,12-16,18,39H,3,6-11,19-21H2,1H3,(H,40,41). The van der Waals surface area contributed by atoms with Crippen LogP contribution in [-0.4, -0.2) is 56.3 Å². The van der Waals surface area contributed by atoms with E-state index < -0.39 is 0 Å². The molecule has 4 aromatic rings. The van der Waals surface area contributed by atoms with Gasteiger partial charge in [0.25, 0.3) is 0 Å². The van der Waals surface area contributed by atoms with Gasteiger partial charge in [-0.2, -0.15) is 5.26 Å². The lowest BCUT2D eigenvalue weighted by Gasteiger charge is -2.48. The summed E-state index contributed by atoms with van der Waals surface area (Å²) >= 11 is 13.0. The molecule has 234 valence electrons. The number of anilines is 2. The Bertz CT molecular complexity index is 1730. The zero-order chi connectivity index (χ0) is 31.4. The number of hydrogen-bond acceptors (Lipinski definition) is 8. The van der Waals surface area contributed by atoms with Crippen molar-refractivity contribution in [3.05, 3.63) is 81.7 Å². The largest absolute Gasteiger partial charge is 0.493 e. The zero-order valence-corrected chi connectivity index (χ0v) is 26.5. The Morgan fingerprint density at radius 1 is 1.04 bits per heavy atom. The van der Waals surface area contributed by atoms with E-state index in [9.17, 15) is 9.65 Å². The van der Waals surface area contributed by atoms with Crippen LogP contribution in [0.2, 0.25) is 10.0 Å². The van der Waals surface area contributed by atoms with Crippen LogP contribution in [0.25, 0.3) is 10.9 Å². The minimum atomic E-state index is -0.352. The van der Waals surface area contributed by atoms with Crippen molar-refractivity contribution >= 4 is 45.5 Å². The number of rotatable bonds is 11. The van der Waals surface area contributed by atoms with E-state index in [0.29, 0.717) is 72.7 Å². The van der Waals surface area contributed by atoms with Crippen LogP contribution in [0.3, 0.4) is 0 Å². The van der Waals surface area contributed by atoms with E-state index in [4.69, 9.17) is 37.4 Å². The summed E-state index contributed by atoms with van der Waals surface area (Å²) in [6.07, 6.45) is 4.93. The Labute approximate surface area is 272 Å². The molecule has 2 aliphatic rings. The molecule has 3 heterocycles. The van der Waals surface area contributed by atoms with E-state index in [1.54, 1.807) is 31.4 Å². The van der Waals surface area contributed by atoms with Gasteiger partial charge in [0.05, 0.1) is 46.2 Å². The second kappa shape index (κ2) is 13.7. The average Bonchev–Trinajstić information content (AvgIpc) is 3.03. The third kappa shape index (κ3) is 7.05. The van der Waals surface area contributed by atoms with Gasteiger partial charge in [-0.15, -0.1) is 0 Å². The maximum atomic E-state index is 13.6. The van der Waals surface area contributed by atoms with Gasteiger partial charge in [-0.1, -0.05) is 35.3 Å². The molecule has 0 saturated carbocycles. The van der Waals surface area contributed by atoms with Gasteiger partial charge in [0.2, 0.25) is 0 Å². The monoisotopic (exact) mass is 649 g/mol. The number of ether oxygens (including phenoxy) is 3. The second-order valence-electron chi connectivity index (χ2n) is 11.6. The second-order valence-corrected chi connectivity index (χ2v) is 12.4. The first-order chi connectivity index (χ1) is 21.9. The van der Waals surface area contributed by atoms with E-state index in [1.807, 2.05) is 12.1 Å². The number of piperidine rings is 1. The molecule has 0 aliphatic carbocycles. The lowest BCUT2D eigenvalue weighted by atomic mass is 9.73. The predicted molar refractivity (Wildman–Crippen MR) is 175 cm³/mol. The SMILES string of the molecule is COc1cc2c(Nc3cc(OCc4cccc(F)c4)c(Cl)cc3Cl)c(C#N)cnc2cc1OCCCN1CCC2(CC1)CNC2. The number of benzene rings is 3. The van der Waals surface area contributed by atoms with Crippen LogP contribution in [0.4, 0.5) is 15.8 Å². The number of pyridine rings is 1. The molecule has 2 saturated heterocycles. The number of aromatic nitrogens is 1. The summed E-state index contributed by atoms with van der Waals surface area (Å²) in [6.45, 7) is 6.25. The van der Waals surface area contributed by atoms with Gasteiger partial charge in [-0.25, -0.2) is 4.39 Å². The number of likely N-dealkylation sites (tertiary alicyclic amines) is 1. The van der Waals surface area contributed by atoms with Gasteiger partial charge < -0.3 is 29.7 Å². The van der Waals surface area contributed by atoms with Crippen LogP contribution in [0.1, 0.15) is 30.4 Å². The van der Waals surface area contributed by atoms with Crippen LogP contribution >= 0.6 is 23.2 Å². The molecular weight excluding hydrogens is 616 g/mol. The van der Waals surface area contributed by atoms with Gasteiger partial charge in [0.15, 0.2) is 11.5 Å². The Morgan fingerprint density at radius 2 is 1.87 bits per heavy atom. The Hall–Kier alpha value is -3.81. The van der Waals surface area contributed by atoms with Crippen LogP contribution < -0.4 is 24.8 Å². The van der Waals surface area contributed by atoms with E-state index in [2.05, 4.69) is 26.6 Å². The van der Waals surface area contributed by atoms with E-state index >= 15 is 0 Å². The number of methoxy groups -OCH3 is 1. The third-order valence-corrected chi connectivity index (χ3v) is 9.24. The van der Waals surface area contributed by atoms with Crippen molar-refractivity contribution in [2.75, 3.05) is 51.8 Å². The molecule has 1 aromatic heterocycles. The summed E-state index contributed by atoms with van der Waals surface area (Å²) in [5.41, 5.74) is 3.09. The van der Waals surface area contributed by atoms with E-state index in [1.165, 1.54) is 31.2 Å². The molecule has 3 aromatic carbocycles. The smallest absolute Gasteiger partial charge is 0.163 e. The minimum Gasteiger partial charge on any atom is -0.493 e. The van der Waals surface area contributed by atoms with E-state index in [0.717, 1.165) is 39.1 Å². The van der Waals surface area contributed by atoms with Crippen molar-refractivity contribution in [3.8, 4) is 23.3 Å². The normalized spacial score (nSPS) is 15.8. The summed E-state index contributed by atoms with van der Waals surface area (Å²) in [5, 5.41) is 17.9. The Morgan fingerprint density at radius 3 is 2.58 bits per heavy atom. The summed E-state index contributed by atoms with van der Waals surface area (Å²) in [4.78, 5) is 7.04. The van der Waals surface area contributed by atoms with Gasteiger partial charge in [-0.05, 0) is 67.6 Å². The van der Waals surface area contributed by atoms with Gasteiger partial charge >= 0.3 is 0 Å². The molecule has 0 amide bonds. The zero-order valence-electron chi connectivity index (χ0n) is 25.0. The number of nitrogens with one attached hydrogen (secondary N) is 2. The summed E-state index contributed by atoms with van der Waals surface area (Å²) in [7, 11) is 1.58. The molecule has 0 atom stereocenters. The number of hydrogen-bond donors (Lipinski definition) is 2. The number of nitrogens with zero attached hydrogens (tertiary/aromatic N) is 3. The first kappa shape index (κ1) is 31.2. The first-order valence-electron chi connectivity index (χ1n) is 15.0. The molecule has 6 rings (SSSR count). The molecule has 0 bridgehead atoms. The van der Waals surface area contributed by atoms with Crippen molar-refractivity contribution in [1.29, 1.82) is 5.26 Å². The maximum Gasteiger partial charge on any atom is 0.163 e. The highest BCUT2D eigenvalue weighted by Crippen LogP contribution is 2.41. The van der Waals surface area contributed by atoms with Crippen molar-refractivity contribution in [1.82, 2.24) is 15.2 Å². The number of nitriles is 1. The summed E-state index contributed by atoms with van der Waals surface area (Å²) in [5.74, 6) is 1.11. The highest BCUT2D eigenvalue weighted by molar-refractivity contribution is 6.37. The average molecular weight is 651 g/mol. The molecule has 2 fully saturated rings. The van der Waals surface area contributed by atoms with Gasteiger partial charge in [0, 0.05) is 43.4 Å². The fraction of sp³-hybridized carbons (Fsp3) is 0.353. The van der Waals surface area contributed by atoms with Crippen molar-refractivity contribution in [3.63, 3.8) is 0 Å². The third-order valence-electron chi connectivity index (χ3n) is 8.63. The van der Waals surface area contributed by atoms with E-state index in [-0.39, 0.29) is 12.4 Å². The molecule has 2 N–H and O–H groups in total. The molecule has 0 unspecified atom stereocenters. The molecule has 1 spiro atoms. The molecule has 8 nitrogen and oxygen atoms in total. The fourth-order valence-electron chi connectivity index (χ4n) is 5.90. The lowest BCUT2D eigenvalue weighted by molar-refractivity contribution is 0.0532. The Kier molecular flexibility index (Phi) is 9.47. The molecule has 45 heavy (non-hydrogen) atoms. The number of fused-ring (bicyclic) bond motifs is 1. The van der Waals surface area contributed by atoms with Crippen LogP contribution in [-0.2, 0) is 6.61 Å². The van der Waals surface area contributed by atoms with Gasteiger partial charge in [-0.3, -0.25) is 4.98 Å². The van der Waals surface area contributed by atoms with Crippen molar-refractivity contribution < 1.29 is 18.6 Å². The van der Waals surface area contributed by atoms with Crippen LogP contribution in [0, 0.1) is 22.6 Å². The lowest BCUT2D eigenvalue weighted by Crippen LogP contribution is -2.58. The summed E-state index contributed by atoms with van der Waals surface area (Å²) in [6, 6.07) is 15.2. The molecular formula is C34H34Cl2FN5O3. The first-order valence-corrected chi connectivity index (χ1v) is 15.7. The quantitative estimate of drug-likeness (QED) is 0.163. The van der Waals surface area contributed by atoms with Crippen molar-refractivity contribution in [2.24, 2.45) is 5.41 Å². The van der Waals surface area contributed by atoms with Gasteiger partial charge in [0.1, 0.15) is 24.2 Å². The summed E-state index contributed by atoms with van der Waals surface area (Å²) < 4.78 is 31.4. The predicted octanol–water partition coefficient (Wildman–Crippen LogP) is 7.34.